The summed E-state index contributed by atoms with van der Waals surface area (Å²) in [4.78, 5) is 16.6. The van der Waals surface area contributed by atoms with E-state index in [9.17, 15) is 4.79 Å². The number of ether oxygens (including phenoxy) is 4. The molecule has 0 bridgehead atoms. The number of methoxy groups -OCH3 is 1. The zero-order chi connectivity index (χ0) is 23.9. The first kappa shape index (κ1) is 23.1. The number of cyclic esters (lactones) is 1. The SMILES string of the molecule is CCc1cc(C)cc(OCCOc2ccc(/C=C3/N=C(c4ccccc4)OC3=O)cc2OC)c1. The molecule has 0 N–H and O–H groups in total. The molecule has 0 aromatic heterocycles. The molecule has 0 aliphatic carbocycles. The van der Waals surface area contributed by atoms with Crippen molar-refractivity contribution in [3.05, 3.63) is 94.7 Å². The third-order valence-corrected chi connectivity index (χ3v) is 5.26. The number of aryl methyl sites for hydroxylation is 2. The van der Waals surface area contributed by atoms with E-state index in [1.54, 1.807) is 25.3 Å². The Hall–Kier alpha value is -4.06. The second-order valence-electron chi connectivity index (χ2n) is 7.82. The Morgan fingerprint density at radius 1 is 0.941 bits per heavy atom. The molecule has 0 atom stereocenters. The number of rotatable bonds is 9. The van der Waals surface area contributed by atoms with Crippen LogP contribution in [0.25, 0.3) is 6.08 Å². The number of benzene rings is 3. The molecule has 0 unspecified atom stereocenters. The van der Waals surface area contributed by atoms with Gasteiger partial charge < -0.3 is 18.9 Å². The van der Waals surface area contributed by atoms with E-state index in [2.05, 4.69) is 31.0 Å². The van der Waals surface area contributed by atoms with E-state index in [1.807, 2.05) is 42.5 Å². The summed E-state index contributed by atoms with van der Waals surface area (Å²) in [6.07, 6.45) is 2.63. The van der Waals surface area contributed by atoms with Crippen molar-refractivity contribution in [3.8, 4) is 17.2 Å². The average molecular weight is 458 g/mol. The van der Waals surface area contributed by atoms with E-state index in [4.69, 9.17) is 18.9 Å². The minimum absolute atomic E-state index is 0.229. The minimum Gasteiger partial charge on any atom is -0.493 e. The summed E-state index contributed by atoms with van der Waals surface area (Å²) in [5.41, 5.74) is 4.14. The van der Waals surface area contributed by atoms with Gasteiger partial charge >= 0.3 is 5.97 Å². The van der Waals surface area contributed by atoms with E-state index in [0.717, 1.165) is 23.3 Å². The summed E-state index contributed by atoms with van der Waals surface area (Å²) in [6.45, 7) is 4.95. The van der Waals surface area contributed by atoms with Crippen LogP contribution >= 0.6 is 0 Å². The standard InChI is InChI=1S/C28H27NO5/c1-4-20-14-19(2)15-23(16-20)32-12-13-33-25-11-10-21(18-26(25)31-3)17-24-28(30)34-27(29-24)22-8-6-5-7-9-22/h5-11,14-18H,4,12-13H2,1-3H3/b24-17+. The normalized spacial score (nSPS) is 14.0. The topological polar surface area (TPSA) is 66.3 Å². The van der Waals surface area contributed by atoms with Crippen LogP contribution in [0, 0.1) is 6.92 Å². The number of hydrogen-bond acceptors (Lipinski definition) is 6. The predicted octanol–water partition coefficient (Wildman–Crippen LogP) is 5.37. The van der Waals surface area contributed by atoms with Gasteiger partial charge in [0, 0.05) is 5.56 Å². The van der Waals surface area contributed by atoms with Crippen LogP contribution in [0.1, 0.15) is 29.2 Å². The fourth-order valence-electron chi connectivity index (χ4n) is 3.59. The van der Waals surface area contributed by atoms with Crippen LogP contribution in [0.4, 0.5) is 0 Å². The van der Waals surface area contributed by atoms with Gasteiger partial charge in [-0.1, -0.05) is 37.3 Å². The summed E-state index contributed by atoms with van der Waals surface area (Å²) in [7, 11) is 1.57. The molecule has 0 saturated carbocycles. The van der Waals surface area contributed by atoms with E-state index in [0.29, 0.717) is 30.6 Å². The van der Waals surface area contributed by atoms with Crippen molar-refractivity contribution in [3.63, 3.8) is 0 Å². The number of aliphatic imine (C=N–C) groups is 1. The predicted molar refractivity (Wildman–Crippen MR) is 132 cm³/mol. The highest BCUT2D eigenvalue weighted by Gasteiger charge is 2.24. The van der Waals surface area contributed by atoms with Crippen LogP contribution < -0.4 is 14.2 Å². The lowest BCUT2D eigenvalue weighted by atomic mass is 10.1. The lowest BCUT2D eigenvalue weighted by molar-refractivity contribution is -0.129. The van der Waals surface area contributed by atoms with E-state index in [1.165, 1.54) is 11.1 Å². The van der Waals surface area contributed by atoms with Crippen LogP contribution in [0.15, 0.2) is 77.4 Å². The minimum atomic E-state index is -0.488. The summed E-state index contributed by atoms with van der Waals surface area (Å²) < 4.78 is 22.5. The van der Waals surface area contributed by atoms with Crippen molar-refractivity contribution in [2.75, 3.05) is 20.3 Å². The van der Waals surface area contributed by atoms with E-state index >= 15 is 0 Å². The molecule has 0 amide bonds. The van der Waals surface area contributed by atoms with Gasteiger partial charge in [-0.05, 0) is 72.5 Å². The Labute approximate surface area is 199 Å². The first-order valence-corrected chi connectivity index (χ1v) is 11.2. The Bertz CT molecular complexity index is 1230. The van der Waals surface area contributed by atoms with Crippen molar-refractivity contribution in [1.82, 2.24) is 0 Å². The van der Waals surface area contributed by atoms with Crippen molar-refractivity contribution < 1.29 is 23.7 Å². The summed E-state index contributed by atoms with van der Waals surface area (Å²) >= 11 is 0. The number of carbonyl (C=O) groups is 1. The molecule has 6 nitrogen and oxygen atoms in total. The van der Waals surface area contributed by atoms with Gasteiger partial charge in [0.1, 0.15) is 19.0 Å². The molecule has 1 aliphatic rings. The number of carbonyl (C=O) groups excluding carboxylic acids is 1. The average Bonchev–Trinajstić information content (AvgIpc) is 3.22. The third kappa shape index (κ3) is 5.64. The first-order chi connectivity index (χ1) is 16.6. The molecule has 6 heteroatoms. The Morgan fingerprint density at radius 3 is 2.50 bits per heavy atom. The molecule has 0 fully saturated rings. The Kier molecular flexibility index (Phi) is 7.28. The van der Waals surface area contributed by atoms with Gasteiger partial charge in [0.15, 0.2) is 17.2 Å². The van der Waals surface area contributed by atoms with Gasteiger partial charge in [-0.15, -0.1) is 0 Å². The van der Waals surface area contributed by atoms with Crippen LogP contribution in [0.2, 0.25) is 0 Å². The van der Waals surface area contributed by atoms with Gasteiger partial charge in [0.25, 0.3) is 0 Å². The highest BCUT2D eigenvalue weighted by Crippen LogP contribution is 2.30. The summed E-state index contributed by atoms with van der Waals surface area (Å²) in [6, 6.07) is 21.0. The fourth-order valence-corrected chi connectivity index (χ4v) is 3.59. The first-order valence-electron chi connectivity index (χ1n) is 11.2. The van der Waals surface area contributed by atoms with Crippen molar-refractivity contribution in [1.29, 1.82) is 0 Å². The molecule has 1 aliphatic heterocycles. The lowest BCUT2D eigenvalue weighted by Gasteiger charge is -2.13. The van der Waals surface area contributed by atoms with Crippen LogP contribution in [0.3, 0.4) is 0 Å². The fraction of sp³-hybridized carbons (Fsp3) is 0.214. The third-order valence-electron chi connectivity index (χ3n) is 5.26. The lowest BCUT2D eigenvalue weighted by Crippen LogP contribution is -2.10. The smallest absolute Gasteiger partial charge is 0.363 e. The highest BCUT2D eigenvalue weighted by atomic mass is 16.6. The van der Waals surface area contributed by atoms with Gasteiger partial charge in [-0.25, -0.2) is 9.79 Å². The molecule has 3 aromatic carbocycles. The summed E-state index contributed by atoms with van der Waals surface area (Å²) in [5, 5.41) is 0. The Morgan fingerprint density at radius 2 is 1.74 bits per heavy atom. The second kappa shape index (κ2) is 10.7. The van der Waals surface area contributed by atoms with Crippen LogP contribution in [-0.2, 0) is 16.0 Å². The Balaban J connectivity index is 1.40. The zero-order valence-corrected chi connectivity index (χ0v) is 19.5. The molecule has 0 radical (unpaired) electrons. The molecular formula is C28H27NO5. The molecule has 174 valence electrons. The molecule has 3 aromatic rings. The number of hydrogen-bond donors (Lipinski definition) is 0. The molecule has 1 heterocycles. The maximum Gasteiger partial charge on any atom is 0.363 e. The zero-order valence-electron chi connectivity index (χ0n) is 19.5. The molecular weight excluding hydrogens is 430 g/mol. The van der Waals surface area contributed by atoms with Gasteiger partial charge in [0.2, 0.25) is 5.90 Å². The highest BCUT2D eigenvalue weighted by molar-refractivity contribution is 6.12. The van der Waals surface area contributed by atoms with Gasteiger partial charge in [-0.3, -0.25) is 0 Å². The van der Waals surface area contributed by atoms with Gasteiger partial charge in [-0.2, -0.15) is 0 Å². The quantitative estimate of drug-likeness (QED) is 0.246. The van der Waals surface area contributed by atoms with Crippen LogP contribution in [-0.4, -0.2) is 32.2 Å². The van der Waals surface area contributed by atoms with E-state index < -0.39 is 5.97 Å². The maximum absolute atomic E-state index is 12.3. The van der Waals surface area contributed by atoms with Crippen molar-refractivity contribution in [2.45, 2.75) is 20.3 Å². The van der Waals surface area contributed by atoms with Crippen molar-refractivity contribution in [2.24, 2.45) is 4.99 Å². The molecule has 0 spiro atoms. The van der Waals surface area contributed by atoms with Gasteiger partial charge in [0.05, 0.1) is 7.11 Å². The number of esters is 1. The number of nitrogens with zero attached hydrogens (tertiary/aromatic N) is 1. The van der Waals surface area contributed by atoms with Crippen molar-refractivity contribution >= 4 is 17.9 Å². The molecule has 0 saturated heterocycles. The molecule has 34 heavy (non-hydrogen) atoms. The second-order valence-corrected chi connectivity index (χ2v) is 7.82. The van der Waals surface area contributed by atoms with Crippen LogP contribution in [0.5, 0.6) is 17.2 Å². The largest absolute Gasteiger partial charge is 0.493 e. The van der Waals surface area contributed by atoms with E-state index in [-0.39, 0.29) is 5.70 Å². The summed E-state index contributed by atoms with van der Waals surface area (Å²) in [5.74, 6) is 1.79. The monoisotopic (exact) mass is 457 g/mol. The maximum atomic E-state index is 12.3. The molecule has 4 rings (SSSR count).